The Hall–Kier alpha value is -0.880. The van der Waals surface area contributed by atoms with Gasteiger partial charge in [-0.15, -0.1) is 0 Å². The first-order chi connectivity index (χ1) is 7.17. The van der Waals surface area contributed by atoms with Gasteiger partial charge >= 0.3 is 0 Å². The lowest BCUT2D eigenvalue weighted by Crippen LogP contribution is -2.07. The molecule has 16 heavy (non-hydrogen) atoms. The summed E-state index contributed by atoms with van der Waals surface area (Å²) in [6.07, 6.45) is 2.26. The zero-order valence-electron chi connectivity index (χ0n) is 9.17. The second-order valence-corrected chi connectivity index (χ2v) is 8.19. The topological polar surface area (TPSA) is 68.3 Å². The van der Waals surface area contributed by atoms with Gasteiger partial charge in [0.05, 0.1) is 11.5 Å². The molecule has 1 aromatic rings. The van der Waals surface area contributed by atoms with Crippen LogP contribution >= 0.6 is 0 Å². The minimum absolute atomic E-state index is 0.126. The lowest BCUT2D eigenvalue weighted by Gasteiger charge is -2.07. The Morgan fingerprint density at radius 1 is 0.812 bits per heavy atom. The van der Waals surface area contributed by atoms with E-state index in [1.807, 2.05) is 0 Å². The molecule has 0 aliphatic heterocycles. The van der Waals surface area contributed by atoms with Crippen LogP contribution in [0.25, 0.3) is 0 Å². The van der Waals surface area contributed by atoms with Gasteiger partial charge < -0.3 is 0 Å². The minimum Gasteiger partial charge on any atom is -0.229 e. The highest BCUT2D eigenvalue weighted by Crippen LogP contribution is 2.14. The van der Waals surface area contributed by atoms with Gasteiger partial charge in [-0.3, -0.25) is 0 Å². The molecule has 0 saturated carbocycles. The predicted molar refractivity (Wildman–Crippen MR) is 63.5 cm³/mol. The van der Waals surface area contributed by atoms with Crippen LogP contribution in [0.5, 0.6) is 0 Å². The third kappa shape index (κ3) is 4.76. The molecule has 0 fully saturated rings. The summed E-state index contributed by atoms with van der Waals surface area (Å²) >= 11 is 0. The van der Waals surface area contributed by atoms with Gasteiger partial charge in [-0.25, -0.2) is 16.8 Å². The van der Waals surface area contributed by atoms with E-state index in [0.29, 0.717) is 11.1 Å². The maximum atomic E-state index is 11.2. The molecule has 1 aromatic carbocycles. The van der Waals surface area contributed by atoms with Crippen molar-refractivity contribution in [2.24, 2.45) is 0 Å². The highest BCUT2D eigenvalue weighted by Gasteiger charge is 2.12. The molecule has 1 rings (SSSR count). The third-order valence-corrected chi connectivity index (χ3v) is 3.62. The van der Waals surface area contributed by atoms with Crippen LogP contribution in [0.1, 0.15) is 11.1 Å². The molecule has 4 nitrogen and oxygen atoms in total. The summed E-state index contributed by atoms with van der Waals surface area (Å²) in [7, 11) is -6.30. The first kappa shape index (κ1) is 13.2. The van der Waals surface area contributed by atoms with E-state index in [0.717, 1.165) is 12.5 Å². The Labute approximate surface area is 96.1 Å². The van der Waals surface area contributed by atoms with Crippen molar-refractivity contribution in [2.75, 3.05) is 12.5 Å². The Kier molecular flexibility index (Phi) is 3.75. The summed E-state index contributed by atoms with van der Waals surface area (Å²) in [5.74, 6) is -0.253. The van der Waals surface area contributed by atoms with Crippen LogP contribution in [-0.2, 0) is 31.2 Å². The van der Waals surface area contributed by atoms with Gasteiger partial charge in [0.1, 0.15) is 0 Å². The zero-order valence-corrected chi connectivity index (χ0v) is 10.8. The van der Waals surface area contributed by atoms with Gasteiger partial charge in [-0.1, -0.05) is 24.3 Å². The van der Waals surface area contributed by atoms with E-state index in [2.05, 4.69) is 0 Å². The molecular formula is C10H14O4S2. The van der Waals surface area contributed by atoms with Crippen molar-refractivity contribution < 1.29 is 16.8 Å². The van der Waals surface area contributed by atoms with E-state index < -0.39 is 19.7 Å². The molecule has 0 spiro atoms. The van der Waals surface area contributed by atoms with Gasteiger partial charge in [0, 0.05) is 12.5 Å². The van der Waals surface area contributed by atoms with Crippen molar-refractivity contribution >= 4 is 19.7 Å². The first-order valence-electron chi connectivity index (χ1n) is 4.59. The van der Waals surface area contributed by atoms with Crippen molar-refractivity contribution in [3.63, 3.8) is 0 Å². The molecule has 0 aromatic heterocycles. The maximum absolute atomic E-state index is 11.2. The molecule has 0 aliphatic rings. The SMILES string of the molecule is CS(=O)(=O)Cc1ccccc1CS(C)(=O)=O. The van der Waals surface area contributed by atoms with Gasteiger partial charge in [0.15, 0.2) is 19.7 Å². The number of hydrogen-bond acceptors (Lipinski definition) is 4. The summed E-state index contributed by atoms with van der Waals surface area (Å²) in [5.41, 5.74) is 1.10. The fourth-order valence-electron chi connectivity index (χ4n) is 1.40. The van der Waals surface area contributed by atoms with Crippen LogP contribution in [-0.4, -0.2) is 29.3 Å². The average Bonchev–Trinajstić information content (AvgIpc) is 2.03. The number of rotatable bonds is 4. The molecule has 0 atom stereocenters. The van der Waals surface area contributed by atoms with Crippen molar-refractivity contribution in [1.29, 1.82) is 0 Å². The van der Waals surface area contributed by atoms with Crippen LogP contribution in [0, 0.1) is 0 Å². The van der Waals surface area contributed by atoms with Crippen LogP contribution in [0.4, 0.5) is 0 Å². The van der Waals surface area contributed by atoms with Crippen molar-refractivity contribution in [3.8, 4) is 0 Å². The van der Waals surface area contributed by atoms with Crippen molar-refractivity contribution in [3.05, 3.63) is 35.4 Å². The lowest BCUT2D eigenvalue weighted by molar-refractivity contribution is 0.597. The van der Waals surface area contributed by atoms with Crippen LogP contribution in [0.3, 0.4) is 0 Å². The van der Waals surface area contributed by atoms with Crippen molar-refractivity contribution in [1.82, 2.24) is 0 Å². The molecule has 90 valence electrons. The Bertz CT molecular complexity index is 518. The lowest BCUT2D eigenvalue weighted by atomic mass is 10.1. The fourth-order valence-corrected chi connectivity index (χ4v) is 3.10. The summed E-state index contributed by atoms with van der Waals surface area (Å²) in [6, 6.07) is 6.68. The molecule has 0 aliphatic carbocycles. The summed E-state index contributed by atoms with van der Waals surface area (Å²) in [5, 5.41) is 0. The second kappa shape index (κ2) is 4.55. The van der Waals surface area contributed by atoms with Gasteiger partial charge in [0.25, 0.3) is 0 Å². The highest BCUT2D eigenvalue weighted by molar-refractivity contribution is 7.90. The van der Waals surface area contributed by atoms with Crippen molar-refractivity contribution in [2.45, 2.75) is 11.5 Å². The van der Waals surface area contributed by atoms with Gasteiger partial charge in [-0.2, -0.15) is 0 Å². The smallest absolute Gasteiger partial charge is 0.151 e. The van der Waals surface area contributed by atoms with E-state index in [4.69, 9.17) is 0 Å². The molecule has 0 radical (unpaired) electrons. The van der Waals surface area contributed by atoms with Gasteiger partial charge in [0.2, 0.25) is 0 Å². The maximum Gasteiger partial charge on any atom is 0.151 e. The summed E-state index contributed by atoms with van der Waals surface area (Å²) < 4.78 is 44.7. The number of hydrogen-bond donors (Lipinski definition) is 0. The van der Waals surface area contributed by atoms with E-state index >= 15 is 0 Å². The minimum atomic E-state index is -3.15. The van der Waals surface area contributed by atoms with Crippen LogP contribution in [0.15, 0.2) is 24.3 Å². The average molecular weight is 262 g/mol. The van der Waals surface area contributed by atoms with Gasteiger partial charge in [-0.05, 0) is 11.1 Å². The fraction of sp³-hybridized carbons (Fsp3) is 0.400. The molecular weight excluding hydrogens is 248 g/mol. The quantitative estimate of drug-likeness (QED) is 0.804. The number of sulfone groups is 2. The third-order valence-electron chi connectivity index (χ3n) is 1.95. The number of benzene rings is 1. The molecule has 0 N–H and O–H groups in total. The summed E-state index contributed by atoms with van der Waals surface area (Å²) in [4.78, 5) is 0. The molecule has 6 heteroatoms. The molecule has 0 bridgehead atoms. The molecule has 0 unspecified atom stereocenters. The largest absolute Gasteiger partial charge is 0.229 e. The highest BCUT2D eigenvalue weighted by atomic mass is 32.2. The van der Waals surface area contributed by atoms with E-state index in [1.54, 1.807) is 24.3 Å². The Morgan fingerprint density at radius 3 is 1.38 bits per heavy atom. The van der Waals surface area contributed by atoms with E-state index in [9.17, 15) is 16.8 Å². The molecule has 0 heterocycles. The first-order valence-corrected chi connectivity index (χ1v) is 8.72. The Balaban J connectivity index is 3.11. The van der Waals surface area contributed by atoms with Crippen LogP contribution in [0.2, 0.25) is 0 Å². The zero-order chi connectivity index (χ0) is 12.4. The molecule has 0 saturated heterocycles. The standard InChI is InChI=1S/C10H14O4S2/c1-15(11,12)7-9-5-3-4-6-10(9)8-16(2,13)14/h3-6H,7-8H2,1-2H3. The van der Waals surface area contributed by atoms with E-state index in [1.165, 1.54) is 0 Å². The second-order valence-electron chi connectivity index (χ2n) is 3.91. The van der Waals surface area contributed by atoms with E-state index in [-0.39, 0.29) is 11.5 Å². The summed E-state index contributed by atoms with van der Waals surface area (Å²) in [6.45, 7) is 0. The van der Waals surface area contributed by atoms with Crippen LogP contribution < -0.4 is 0 Å². The normalized spacial score (nSPS) is 12.6. The Morgan fingerprint density at radius 2 is 1.12 bits per heavy atom. The predicted octanol–water partition coefficient (Wildman–Crippen LogP) is 0.776. The monoisotopic (exact) mass is 262 g/mol. The molecule has 0 amide bonds.